The third-order valence-corrected chi connectivity index (χ3v) is 6.55. The van der Waals surface area contributed by atoms with E-state index in [0.717, 1.165) is 50.8 Å². The minimum Gasteiger partial charge on any atom is -0.367 e. The number of hydrogen-bond donors (Lipinski definition) is 1. The Bertz CT molecular complexity index is 1160. The van der Waals surface area contributed by atoms with Gasteiger partial charge in [0, 0.05) is 51.2 Å². The van der Waals surface area contributed by atoms with Crippen molar-refractivity contribution in [3.63, 3.8) is 0 Å². The van der Waals surface area contributed by atoms with Crippen molar-refractivity contribution in [3.05, 3.63) is 38.5 Å². The second kappa shape index (κ2) is 7.89. The van der Waals surface area contributed by atoms with Crippen LogP contribution < -0.4 is 15.9 Å². The van der Waals surface area contributed by atoms with E-state index in [-0.39, 0.29) is 10.8 Å². The van der Waals surface area contributed by atoms with E-state index in [1.54, 1.807) is 6.07 Å². The van der Waals surface area contributed by atoms with Crippen LogP contribution in [0.25, 0.3) is 21.1 Å². The van der Waals surface area contributed by atoms with Crippen LogP contribution in [0.5, 0.6) is 0 Å². The van der Waals surface area contributed by atoms with E-state index in [0.29, 0.717) is 22.6 Å². The fraction of sp³-hybridized carbons (Fsp3) is 0.500. The molecule has 0 unspecified atom stereocenters. The molecule has 1 aliphatic heterocycles. The molecule has 0 spiro atoms. The first-order valence-corrected chi connectivity index (χ1v) is 10.7. The number of likely N-dealkylation sites (N-methyl/N-ethyl adjacent to an activating group) is 1. The summed E-state index contributed by atoms with van der Waals surface area (Å²) in [6, 6.07) is 3.07. The highest BCUT2D eigenvalue weighted by atomic mass is 32.1. The first kappa shape index (κ1) is 20.1. The molecule has 9 heteroatoms. The molecule has 4 rings (SSSR count). The molecule has 3 aromatic rings. The first-order valence-electron chi connectivity index (χ1n) is 9.90. The largest absolute Gasteiger partial charge is 0.367 e. The first-order chi connectivity index (χ1) is 13.9. The Balaban J connectivity index is 1.72. The fourth-order valence-electron chi connectivity index (χ4n) is 3.99. The summed E-state index contributed by atoms with van der Waals surface area (Å²) in [5.74, 6) is -0.412. The van der Waals surface area contributed by atoms with Gasteiger partial charge in [-0.3, -0.25) is 18.9 Å². The number of benzene rings is 1. The van der Waals surface area contributed by atoms with Gasteiger partial charge in [0.1, 0.15) is 16.0 Å². The highest BCUT2D eigenvalue weighted by Crippen LogP contribution is 2.28. The van der Waals surface area contributed by atoms with Gasteiger partial charge in [0.2, 0.25) is 5.43 Å². The lowest BCUT2D eigenvalue weighted by Crippen LogP contribution is -2.48. The van der Waals surface area contributed by atoms with Crippen molar-refractivity contribution in [2.24, 2.45) is 0 Å². The maximum absolute atomic E-state index is 15.0. The average Bonchev–Trinajstić information content (AvgIpc) is 3.09. The molecule has 1 N–H and O–H groups in total. The Hall–Kier alpha value is -2.23. The fourth-order valence-corrected chi connectivity index (χ4v) is 4.91. The second-order valence-corrected chi connectivity index (χ2v) is 8.53. The van der Waals surface area contributed by atoms with E-state index in [1.165, 1.54) is 6.07 Å². The van der Waals surface area contributed by atoms with E-state index < -0.39 is 16.8 Å². The third kappa shape index (κ3) is 3.58. The third-order valence-electron chi connectivity index (χ3n) is 5.65. The number of nitrogens with zero attached hydrogens (tertiary/aromatic N) is 4. The van der Waals surface area contributed by atoms with Crippen molar-refractivity contribution in [3.8, 4) is 0 Å². The predicted octanol–water partition coefficient (Wildman–Crippen LogP) is 1.75. The molecule has 1 aromatic carbocycles. The monoisotopic (exact) mass is 419 g/mol. The van der Waals surface area contributed by atoms with Gasteiger partial charge in [-0.2, -0.15) is 0 Å². The number of hydrogen-bond acceptors (Lipinski definition) is 6. The highest BCUT2D eigenvalue weighted by Gasteiger charge is 2.22. The number of pyridine rings is 1. The molecule has 2 aromatic heterocycles. The summed E-state index contributed by atoms with van der Waals surface area (Å²) in [5.41, 5.74) is 0.388. The number of piperazine rings is 1. The lowest BCUT2D eigenvalue weighted by Gasteiger charge is -2.36. The number of anilines is 1. The van der Waals surface area contributed by atoms with E-state index in [1.807, 2.05) is 11.5 Å². The summed E-state index contributed by atoms with van der Waals surface area (Å²) in [5, 5.41) is 0.375. The van der Waals surface area contributed by atoms with E-state index in [2.05, 4.69) is 33.2 Å². The molecule has 29 heavy (non-hydrogen) atoms. The Morgan fingerprint density at radius 2 is 1.90 bits per heavy atom. The molecule has 3 heterocycles. The molecule has 0 radical (unpaired) electrons. The van der Waals surface area contributed by atoms with Gasteiger partial charge in [0.15, 0.2) is 0 Å². The number of nitrogens with one attached hydrogen (secondary N) is 1. The number of rotatable bonds is 5. The number of aryl methyl sites for hydroxylation is 1. The summed E-state index contributed by atoms with van der Waals surface area (Å²) in [7, 11) is 4.12. The lowest BCUT2D eigenvalue weighted by atomic mass is 10.1. The topological polar surface area (TPSA) is 64.6 Å². The van der Waals surface area contributed by atoms with Gasteiger partial charge >= 0.3 is 0 Å². The summed E-state index contributed by atoms with van der Waals surface area (Å²) < 4.78 is 19.6. The summed E-state index contributed by atoms with van der Waals surface area (Å²) in [6.45, 7) is 7.79. The van der Waals surface area contributed by atoms with Gasteiger partial charge in [0.05, 0.1) is 11.2 Å². The minimum atomic E-state index is -0.412. The van der Waals surface area contributed by atoms with Crippen LogP contribution >= 0.6 is 11.5 Å². The SMILES string of the molecule is CCn1c2cc(N3CCN(CCN(C)C)CC3)c(F)cc2c(=O)c2c(=O)[nH]sc21. The lowest BCUT2D eigenvalue weighted by molar-refractivity contribution is 0.229. The molecule has 1 aliphatic rings. The maximum atomic E-state index is 15.0. The smallest absolute Gasteiger partial charge is 0.271 e. The Kier molecular flexibility index (Phi) is 5.46. The standard InChI is InChI=1S/C20H26FN5O2S/c1-4-26-15-12-16(25-9-7-24(8-10-25)6-5-23(2)3)14(21)11-13(15)18(27)17-19(28)22-29-20(17)26/h11-12H,4-10H2,1-3H3,(H,22,28). The molecule has 0 amide bonds. The van der Waals surface area contributed by atoms with Crippen molar-refractivity contribution in [2.75, 3.05) is 58.3 Å². The predicted molar refractivity (Wildman–Crippen MR) is 117 cm³/mol. The summed E-state index contributed by atoms with van der Waals surface area (Å²) >= 11 is 1.16. The molecule has 0 bridgehead atoms. The molecule has 156 valence electrons. The second-order valence-electron chi connectivity index (χ2n) is 7.74. The van der Waals surface area contributed by atoms with Gasteiger partial charge in [-0.05, 0) is 44.7 Å². The van der Waals surface area contributed by atoms with Gasteiger partial charge in [0.25, 0.3) is 5.56 Å². The molecule has 0 atom stereocenters. The molecular formula is C20H26FN5O2S. The van der Waals surface area contributed by atoms with E-state index in [4.69, 9.17) is 0 Å². The number of H-pyrrole nitrogens is 1. The molecular weight excluding hydrogens is 393 g/mol. The summed E-state index contributed by atoms with van der Waals surface area (Å²) in [4.78, 5) is 32.1. The van der Waals surface area contributed by atoms with Gasteiger partial charge < -0.3 is 14.4 Å². The average molecular weight is 420 g/mol. The normalized spacial score (nSPS) is 15.8. The van der Waals surface area contributed by atoms with Crippen LogP contribution in [0.2, 0.25) is 0 Å². The van der Waals surface area contributed by atoms with Crippen molar-refractivity contribution >= 4 is 38.3 Å². The molecule has 7 nitrogen and oxygen atoms in total. The zero-order valence-electron chi connectivity index (χ0n) is 17.0. The zero-order chi connectivity index (χ0) is 20.7. The molecule has 0 saturated carbocycles. The van der Waals surface area contributed by atoms with E-state index in [9.17, 15) is 9.59 Å². The van der Waals surface area contributed by atoms with Crippen LogP contribution in [0.4, 0.5) is 10.1 Å². The zero-order valence-corrected chi connectivity index (χ0v) is 17.8. The Morgan fingerprint density at radius 1 is 1.17 bits per heavy atom. The van der Waals surface area contributed by atoms with Crippen LogP contribution in [0.1, 0.15) is 6.92 Å². The molecule has 0 aliphatic carbocycles. The van der Waals surface area contributed by atoms with E-state index >= 15 is 4.39 Å². The number of aromatic amines is 1. The van der Waals surface area contributed by atoms with Crippen LogP contribution in [0.15, 0.2) is 21.7 Å². The maximum Gasteiger partial charge on any atom is 0.271 e. The number of aromatic nitrogens is 2. The quantitative estimate of drug-likeness (QED) is 0.683. The summed E-state index contributed by atoms with van der Waals surface area (Å²) in [6.07, 6.45) is 0. The van der Waals surface area contributed by atoms with Crippen molar-refractivity contribution < 1.29 is 4.39 Å². The Labute approximate surface area is 172 Å². The molecule has 1 saturated heterocycles. The van der Waals surface area contributed by atoms with Gasteiger partial charge in [-0.1, -0.05) is 0 Å². The number of fused-ring (bicyclic) bond motifs is 2. The van der Waals surface area contributed by atoms with Crippen LogP contribution in [0, 0.1) is 5.82 Å². The van der Waals surface area contributed by atoms with Crippen LogP contribution in [-0.2, 0) is 6.54 Å². The van der Waals surface area contributed by atoms with Crippen molar-refractivity contribution in [2.45, 2.75) is 13.5 Å². The van der Waals surface area contributed by atoms with Crippen molar-refractivity contribution in [1.29, 1.82) is 0 Å². The number of halogens is 1. The van der Waals surface area contributed by atoms with Crippen LogP contribution in [-0.4, -0.2) is 72.1 Å². The van der Waals surface area contributed by atoms with Gasteiger partial charge in [-0.15, -0.1) is 0 Å². The van der Waals surface area contributed by atoms with Crippen LogP contribution in [0.3, 0.4) is 0 Å². The van der Waals surface area contributed by atoms with Crippen molar-refractivity contribution in [1.82, 2.24) is 18.7 Å². The Morgan fingerprint density at radius 3 is 2.55 bits per heavy atom. The minimum absolute atomic E-state index is 0.117. The molecule has 1 fully saturated rings. The van der Waals surface area contributed by atoms with Gasteiger partial charge in [-0.25, -0.2) is 4.39 Å². The highest BCUT2D eigenvalue weighted by molar-refractivity contribution is 7.12.